The van der Waals surface area contributed by atoms with E-state index in [1.54, 1.807) is 0 Å². The summed E-state index contributed by atoms with van der Waals surface area (Å²) in [6.07, 6.45) is 38.8. The van der Waals surface area contributed by atoms with Crippen LogP contribution in [0.2, 0.25) is 0 Å². The quantitative estimate of drug-likeness (QED) is 0.0244. The van der Waals surface area contributed by atoms with Crippen LogP contribution in [0.1, 0.15) is 149 Å². The molecule has 0 radical (unpaired) electrons. The van der Waals surface area contributed by atoms with Crippen LogP contribution < -0.4 is 5.73 Å². The zero-order chi connectivity index (χ0) is 38.4. The molecule has 0 bridgehead atoms. The van der Waals surface area contributed by atoms with E-state index in [9.17, 15) is 24.2 Å². The molecule has 0 saturated heterocycles. The zero-order valence-corrected chi connectivity index (χ0v) is 33.3. The summed E-state index contributed by atoms with van der Waals surface area (Å²) in [5.74, 6) is -0.933. The molecule has 0 aliphatic carbocycles. The fraction of sp³-hybridized carbons (Fsp3) is 0.707. The predicted octanol–water partition coefficient (Wildman–Crippen LogP) is 9.91. The average Bonchev–Trinajstić information content (AvgIpc) is 3.13. The molecule has 0 fully saturated rings. The summed E-state index contributed by atoms with van der Waals surface area (Å²) >= 11 is 0. The zero-order valence-electron chi connectivity index (χ0n) is 32.4. The molecule has 52 heavy (non-hydrogen) atoms. The summed E-state index contributed by atoms with van der Waals surface area (Å²) in [7, 11) is -4.40. The van der Waals surface area contributed by atoms with Gasteiger partial charge in [-0.05, 0) is 70.6 Å². The Balaban J connectivity index is 4.35. The van der Waals surface area contributed by atoms with E-state index in [1.807, 2.05) is 24.3 Å². The molecule has 0 amide bonds. The second kappa shape index (κ2) is 37.0. The van der Waals surface area contributed by atoms with Crippen molar-refractivity contribution in [2.24, 2.45) is 5.73 Å². The Kier molecular flexibility index (Phi) is 35.3. The number of aliphatic hydroxyl groups excluding tert-OH is 1. The van der Waals surface area contributed by atoms with E-state index < -0.39 is 32.5 Å². The minimum atomic E-state index is -4.40. The second-order valence-corrected chi connectivity index (χ2v) is 14.4. The van der Waals surface area contributed by atoms with Gasteiger partial charge in [-0.25, -0.2) is 4.57 Å². The highest BCUT2D eigenvalue weighted by molar-refractivity contribution is 7.47. The van der Waals surface area contributed by atoms with Crippen molar-refractivity contribution in [1.82, 2.24) is 0 Å². The van der Waals surface area contributed by atoms with E-state index in [1.165, 1.54) is 25.7 Å². The van der Waals surface area contributed by atoms with Gasteiger partial charge in [0.25, 0.3) is 0 Å². The normalized spacial score (nSPS) is 14.6. The first-order valence-electron chi connectivity index (χ1n) is 19.9. The molecule has 0 saturated carbocycles. The summed E-state index contributed by atoms with van der Waals surface area (Å²) in [6, 6.07) is 0. The molecule has 0 aliphatic heterocycles. The average molecular weight is 754 g/mol. The van der Waals surface area contributed by atoms with Crippen molar-refractivity contribution in [2.75, 3.05) is 26.4 Å². The Bertz CT molecular complexity index is 1060. The van der Waals surface area contributed by atoms with E-state index in [4.69, 9.17) is 24.3 Å². The number of carbonyl (C=O) groups excluding carboxylic acids is 2. The van der Waals surface area contributed by atoms with Gasteiger partial charge in [-0.1, -0.05) is 126 Å². The molecule has 4 N–H and O–H groups in total. The molecule has 0 aromatic carbocycles. The minimum Gasteiger partial charge on any atom is -0.462 e. The molecule has 0 rings (SSSR count). The van der Waals surface area contributed by atoms with Crippen LogP contribution in [0.25, 0.3) is 0 Å². The topological polar surface area (TPSA) is 155 Å². The molecule has 300 valence electrons. The Morgan fingerprint density at radius 2 is 1.19 bits per heavy atom. The Morgan fingerprint density at radius 1 is 0.654 bits per heavy atom. The van der Waals surface area contributed by atoms with E-state index in [0.717, 1.165) is 77.0 Å². The van der Waals surface area contributed by atoms with Crippen molar-refractivity contribution in [3.8, 4) is 0 Å². The van der Waals surface area contributed by atoms with Crippen LogP contribution >= 0.6 is 7.82 Å². The summed E-state index contributed by atoms with van der Waals surface area (Å²) < 4.78 is 32.6. The lowest BCUT2D eigenvalue weighted by Gasteiger charge is -2.19. The van der Waals surface area contributed by atoms with Crippen LogP contribution in [-0.4, -0.2) is 60.5 Å². The van der Waals surface area contributed by atoms with Crippen LogP contribution in [0.15, 0.2) is 60.8 Å². The molecule has 0 aromatic rings. The molecule has 0 spiro atoms. The molecule has 0 aliphatic rings. The van der Waals surface area contributed by atoms with Gasteiger partial charge < -0.3 is 25.2 Å². The van der Waals surface area contributed by atoms with E-state index >= 15 is 0 Å². The number of esters is 2. The molecular formula is C41H72NO9P. The second-order valence-electron chi connectivity index (χ2n) is 13.0. The van der Waals surface area contributed by atoms with Gasteiger partial charge >= 0.3 is 19.8 Å². The number of allylic oxidation sites excluding steroid dienone is 9. The highest BCUT2D eigenvalue weighted by atomic mass is 31.2. The van der Waals surface area contributed by atoms with Gasteiger partial charge in [-0.3, -0.25) is 18.6 Å². The number of hydrogen-bond donors (Lipinski definition) is 3. The summed E-state index contributed by atoms with van der Waals surface area (Å²) in [5.41, 5.74) is 5.33. The van der Waals surface area contributed by atoms with Gasteiger partial charge in [0.05, 0.1) is 19.3 Å². The van der Waals surface area contributed by atoms with Crippen LogP contribution in [0.5, 0.6) is 0 Å². The first-order chi connectivity index (χ1) is 25.2. The number of phosphoric acid groups is 1. The van der Waals surface area contributed by atoms with Crippen LogP contribution in [0, 0.1) is 0 Å². The summed E-state index contributed by atoms with van der Waals surface area (Å²) in [4.78, 5) is 34.7. The highest BCUT2D eigenvalue weighted by Crippen LogP contribution is 2.43. The number of aliphatic hydroxyl groups is 1. The monoisotopic (exact) mass is 753 g/mol. The molecule has 0 heterocycles. The highest BCUT2D eigenvalue weighted by Gasteiger charge is 2.25. The maximum atomic E-state index is 12.5. The van der Waals surface area contributed by atoms with Gasteiger partial charge in [0.1, 0.15) is 6.61 Å². The maximum Gasteiger partial charge on any atom is 0.472 e. The van der Waals surface area contributed by atoms with Crippen molar-refractivity contribution in [3.63, 3.8) is 0 Å². The van der Waals surface area contributed by atoms with Gasteiger partial charge in [-0.2, -0.15) is 0 Å². The smallest absolute Gasteiger partial charge is 0.462 e. The summed E-state index contributed by atoms with van der Waals surface area (Å²) in [5, 5.41) is 9.79. The van der Waals surface area contributed by atoms with Gasteiger partial charge in [0, 0.05) is 19.4 Å². The van der Waals surface area contributed by atoms with E-state index in [0.29, 0.717) is 19.3 Å². The number of phosphoric ester groups is 1. The number of carbonyl (C=O) groups is 2. The van der Waals surface area contributed by atoms with Crippen molar-refractivity contribution in [2.45, 2.75) is 161 Å². The SMILES string of the molecule is CCCCCC/C=C\CCCCCCCC(=O)O[C@H](COC(=O)CCC/C=C\C/C=C\C/C=C\C/C=C\[C@@H](O)CCCC)COP(=O)(O)OCCN. The lowest BCUT2D eigenvalue weighted by molar-refractivity contribution is -0.161. The van der Waals surface area contributed by atoms with Crippen LogP contribution in [0.4, 0.5) is 0 Å². The molecule has 11 heteroatoms. The maximum absolute atomic E-state index is 12.5. The predicted molar refractivity (Wildman–Crippen MR) is 212 cm³/mol. The molecular weight excluding hydrogens is 681 g/mol. The van der Waals surface area contributed by atoms with Crippen LogP contribution in [-0.2, 0) is 32.7 Å². The molecule has 10 nitrogen and oxygen atoms in total. The van der Waals surface area contributed by atoms with E-state index in [-0.39, 0.29) is 38.7 Å². The first-order valence-corrected chi connectivity index (χ1v) is 21.3. The van der Waals surface area contributed by atoms with Crippen molar-refractivity contribution in [3.05, 3.63) is 60.8 Å². The molecule has 0 aromatic heterocycles. The number of unbranched alkanes of at least 4 members (excludes halogenated alkanes) is 11. The molecule has 1 unspecified atom stereocenters. The number of ether oxygens (including phenoxy) is 2. The first kappa shape index (κ1) is 49.7. The summed E-state index contributed by atoms with van der Waals surface area (Å²) in [6.45, 7) is 3.45. The number of nitrogens with two attached hydrogens (primary N) is 1. The number of hydrogen-bond acceptors (Lipinski definition) is 9. The third-order valence-corrected chi connectivity index (χ3v) is 8.93. The fourth-order valence-corrected chi connectivity index (χ4v) is 5.70. The third kappa shape index (κ3) is 36.0. The Hall–Kier alpha value is -2.33. The van der Waals surface area contributed by atoms with Crippen molar-refractivity contribution >= 4 is 19.8 Å². The minimum absolute atomic E-state index is 0.0361. The van der Waals surface area contributed by atoms with Crippen molar-refractivity contribution in [1.29, 1.82) is 0 Å². The van der Waals surface area contributed by atoms with Gasteiger partial charge in [0.2, 0.25) is 0 Å². The lowest BCUT2D eigenvalue weighted by Crippen LogP contribution is -2.29. The van der Waals surface area contributed by atoms with Crippen molar-refractivity contribution < 1.29 is 42.7 Å². The number of rotatable bonds is 36. The van der Waals surface area contributed by atoms with Gasteiger partial charge in [0.15, 0.2) is 6.10 Å². The fourth-order valence-electron chi connectivity index (χ4n) is 4.93. The Labute approximate surface area is 315 Å². The largest absolute Gasteiger partial charge is 0.472 e. The standard InChI is InChI=1S/C41H72NO9P/c1-3-5-7-8-9-10-11-12-17-20-23-26-29-33-41(45)51-39(37-50-52(46,47)49-35-34-42)36-48-40(44)32-28-25-22-19-16-14-13-15-18-21-24-27-31-38(43)30-6-4-2/h10-11,13-14,18-19,21-22,27,31,38-39,43H,3-9,12,15-17,20,23-26,28-30,32-37,42H2,1-2H3,(H,46,47)/b11-10-,14-13-,21-18-,22-19-,31-27-/t38-,39+/m0/s1. The lowest BCUT2D eigenvalue weighted by atomic mass is 10.1. The Morgan fingerprint density at radius 3 is 1.85 bits per heavy atom. The van der Waals surface area contributed by atoms with E-state index in [2.05, 4.69) is 50.3 Å². The molecule has 3 atom stereocenters. The van der Waals surface area contributed by atoms with Gasteiger partial charge in [-0.15, -0.1) is 0 Å². The van der Waals surface area contributed by atoms with Crippen LogP contribution in [0.3, 0.4) is 0 Å². The third-order valence-electron chi connectivity index (χ3n) is 7.95.